The van der Waals surface area contributed by atoms with E-state index in [0.717, 1.165) is 43.1 Å². The normalized spacial score (nSPS) is 11.4. The van der Waals surface area contributed by atoms with Gasteiger partial charge in [0.25, 0.3) is 0 Å². The van der Waals surface area contributed by atoms with Gasteiger partial charge in [-0.05, 0) is 79.5 Å². The van der Waals surface area contributed by atoms with Gasteiger partial charge in [-0.2, -0.15) is 0 Å². The topological polar surface area (TPSA) is 105 Å². The summed E-state index contributed by atoms with van der Waals surface area (Å²) in [5.41, 5.74) is 0. The van der Waals surface area contributed by atoms with Crippen molar-refractivity contribution in [3.05, 3.63) is 60.7 Å². The Morgan fingerprint density at radius 3 is 1.12 bits per heavy atom. The van der Waals surface area contributed by atoms with Crippen LogP contribution in [-0.4, -0.2) is 23.9 Å². The van der Waals surface area contributed by atoms with Gasteiger partial charge in [-0.1, -0.05) is 24.3 Å². The highest BCUT2D eigenvalue weighted by Gasteiger charge is 2.21. The fourth-order valence-electron chi connectivity index (χ4n) is 5.43. The summed E-state index contributed by atoms with van der Waals surface area (Å²) in [6.45, 7) is 5.16. The van der Waals surface area contributed by atoms with Crippen LogP contribution < -0.4 is 18.9 Å². The van der Waals surface area contributed by atoms with Crippen molar-refractivity contribution in [1.29, 1.82) is 0 Å². The van der Waals surface area contributed by atoms with E-state index in [9.17, 15) is 19.2 Å². The van der Waals surface area contributed by atoms with E-state index in [1.54, 1.807) is 12.1 Å². The largest absolute Gasteiger partial charge is 0.423 e. The average molecular weight is 535 g/mol. The third-order valence-corrected chi connectivity index (χ3v) is 6.72. The lowest BCUT2D eigenvalue weighted by molar-refractivity contribution is -0.134. The van der Waals surface area contributed by atoms with Gasteiger partial charge in [0, 0.05) is 38.5 Å². The fraction of sp³-hybridized carbons (Fsp3) is 0.125. The molecular weight excluding hydrogens is 512 g/mol. The standard InChI is InChI=1S/C32H22O8/c1-15(33)37-27-11-9-21-23-7-6-20-14-26-22(10-12-28(38-16(2)34)32(26)40-18(4)36)24-8-5-19(29(23)30(20)24)13-25(21)31(27)39-17(3)35/h5-14H,1-4H3. The van der Waals surface area contributed by atoms with Crippen LogP contribution in [0.1, 0.15) is 27.7 Å². The highest BCUT2D eigenvalue weighted by Crippen LogP contribution is 2.47. The molecule has 0 unspecified atom stereocenters. The van der Waals surface area contributed by atoms with Crippen LogP contribution >= 0.6 is 0 Å². The van der Waals surface area contributed by atoms with Gasteiger partial charge >= 0.3 is 23.9 Å². The second-order valence-electron chi connectivity index (χ2n) is 9.53. The molecule has 6 aromatic rings. The molecule has 0 aliphatic rings. The monoisotopic (exact) mass is 534 g/mol. The van der Waals surface area contributed by atoms with Crippen molar-refractivity contribution in [1.82, 2.24) is 0 Å². The van der Waals surface area contributed by atoms with E-state index >= 15 is 0 Å². The first-order valence-corrected chi connectivity index (χ1v) is 12.5. The van der Waals surface area contributed by atoms with Crippen molar-refractivity contribution in [2.24, 2.45) is 0 Å². The van der Waals surface area contributed by atoms with Crippen molar-refractivity contribution in [2.75, 3.05) is 0 Å². The Morgan fingerprint density at radius 2 is 0.775 bits per heavy atom. The molecule has 8 heteroatoms. The van der Waals surface area contributed by atoms with Crippen LogP contribution in [0.3, 0.4) is 0 Å². The van der Waals surface area contributed by atoms with E-state index < -0.39 is 23.9 Å². The Kier molecular flexibility index (Phi) is 5.76. The maximum absolute atomic E-state index is 12.0. The first-order chi connectivity index (χ1) is 19.1. The third kappa shape index (κ3) is 4.01. The number of fused-ring (bicyclic) bond motifs is 4. The van der Waals surface area contributed by atoms with Crippen molar-refractivity contribution < 1.29 is 38.1 Å². The minimum absolute atomic E-state index is 0.163. The van der Waals surface area contributed by atoms with Crippen LogP contribution in [0.15, 0.2) is 60.7 Å². The van der Waals surface area contributed by atoms with Gasteiger partial charge in [0.15, 0.2) is 23.0 Å². The number of carbonyl (C=O) groups excluding carboxylic acids is 4. The number of benzene rings is 6. The Hall–Kier alpha value is -5.24. The number of esters is 4. The second kappa shape index (κ2) is 9.20. The molecule has 0 saturated heterocycles. The van der Waals surface area contributed by atoms with Crippen LogP contribution in [0, 0.1) is 0 Å². The Morgan fingerprint density at radius 1 is 0.425 bits per heavy atom. The molecular formula is C32H22O8. The summed E-state index contributed by atoms with van der Waals surface area (Å²) in [6, 6.07) is 18.6. The Labute approximate surface area is 227 Å². The summed E-state index contributed by atoms with van der Waals surface area (Å²) in [5, 5.41) is 8.53. The highest BCUT2D eigenvalue weighted by molar-refractivity contribution is 6.33. The molecule has 8 nitrogen and oxygen atoms in total. The average Bonchev–Trinajstić information content (AvgIpc) is 2.88. The predicted molar refractivity (Wildman–Crippen MR) is 150 cm³/mol. The molecule has 0 heterocycles. The van der Waals surface area contributed by atoms with Crippen molar-refractivity contribution in [2.45, 2.75) is 27.7 Å². The number of hydrogen-bond acceptors (Lipinski definition) is 8. The molecule has 0 saturated carbocycles. The molecule has 6 aromatic carbocycles. The first kappa shape index (κ1) is 25.1. The first-order valence-electron chi connectivity index (χ1n) is 12.5. The summed E-state index contributed by atoms with van der Waals surface area (Å²) in [7, 11) is 0. The van der Waals surface area contributed by atoms with Gasteiger partial charge in [-0.15, -0.1) is 0 Å². The lowest BCUT2D eigenvalue weighted by Crippen LogP contribution is -2.08. The minimum atomic E-state index is -0.533. The van der Waals surface area contributed by atoms with Gasteiger partial charge < -0.3 is 18.9 Å². The van der Waals surface area contributed by atoms with Gasteiger partial charge in [0.2, 0.25) is 0 Å². The van der Waals surface area contributed by atoms with E-state index in [4.69, 9.17) is 18.9 Å². The molecule has 0 spiro atoms. The van der Waals surface area contributed by atoms with Crippen LogP contribution in [0.5, 0.6) is 23.0 Å². The third-order valence-electron chi connectivity index (χ3n) is 6.72. The Balaban J connectivity index is 1.71. The second-order valence-corrected chi connectivity index (χ2v) is 9.53. The van der Waals surface area contributed by atoms with E-state index in [0.29, 0.717) is 10.8 Å². The van der Waals surface area contributed by atoms with Gasteiger partial charge in [0.05, 0.1) is 0 Å². The zero-order chi connectivity index (χ0) is 28.3. The van der Waals surface area contributed by atoms with Crippen molar-refractivity contribution >= 4 is 77.7 Å². The summed E-state index contributed by atoms with van der Waals surface area (Å²) < 4.78 is 21.8. The highest BCUT2D eigenvalue weighted by atomic mass is 16.6. The lowest BCUT2D eigenvalue weighted by atomic mass is 9.88. The molecule has 0 fully saturated rings. The fourth-order valence-corrected chi connectivity index (χ4v) is 5.43. The van der Waals surface area contributed by atoms with E-state index in [-0.39, 0.29) is 23.0 Å². The number of carbonyl (C=O) groups is 4. The minimum Gasteiger partial charge on any atom is -0.423 e. The number of hydrogen-bond donors (Lipinski definition) is 0. The van der Waals surface area contributed by atoms with Crippen LogP contribution in [0.25, 0.3) is 53.9 Å². The lowest BCUT2D eigenvalue weighted by Gasteiger charge is -2.18. The van der Waals surface area contributed by atoms with Gasteiger partial charge in [0.1, 0.15) is 0 Å². The summed E-state index contributed by atoms with van der Waals surface area (Å²) in [4.78, 5) is 47.4. The Bertz CT molecular complexity index is 1920. The molecule has 0 amide bonds. The zero-order valence-electron chi connectivity index (χ0n) is 22.0. The maximum Gasteiger partial charge on any atom is 0.308 e. The molecule has 0 bridgehead atoms. The van der Waals surface area contributed by atoms with Crippen LogP contribution in [0.4, 0.5) is 0 Å². The smallest absolute Gasteiger partial charge is 0.308 e. The molecule has 6 rings (SSSR count). The predicted octanol–water partition coefficient (Wildman–Crippen LogP) is 6.59. The summed E-state index contributed by atoms with van der Waals surface area (Å²) in [5.74, 6) is -1.43. The zero-order valence-corrected chi connectivity index (χ0v) is 22.0. The molecule has 40 heavy (non-hydrogen) atoms. The van der Waals surface area contributed by atoms with Crippen LogP contribution in [0.2, 0.25) is 0 Å². The van der Waals surface area contributed by atoms with E-state index in [1.807, 2.05) is 48.5 Å². The summed E-state index contributed by atoms with van der Waals surface area (Å²) in [6.07, 6.45) is 0. The summed E-state index contributed by atoms with van der Waals surface area (Å²) >= 11 is 0. The quantitative estimate of drug-likeness (QED) is 0.108. The molecule has 0 N–H and O–H groups in total. The number of rotatable bonds is 4. The van der Waals surface area contributed by atoms with Crippen molar-refractivity contribution in [3.63, 3.8) is 0 Å². The molecule has 0 aliphatic heterocycles. The molecule has 0 aromatic heterocycles. The molecule has 0 radical (unpaired) electrons. The van der Waals surface area contributed by atoms with Crippen molar-refractivity contribution in [3.8, 4) is 23.0 Å². The van der Waals surface area contributed by atoms with E-state index in [2.05, 4.69) is 0 Å². The molecule has 0 atom stereocenters. The SMILES string of the molecule is CC(=O)Oc1ccc2c(cc3ccc4c5ccc(OC(C)=O)c(OC(C)=O)c5cc5ccc2c3c54)c1OC(C)=O. The molecule has 198 valence electrons. The van der Waals surface area contributed by atoms with Gasteiger partial charge in [-0.3, -0.25) is 19.2 Å². The molecule has 0 aliphatic carbocycles. The maximum atomic E-state index is 12.0. The van der Waals surface area contributed by atoms with Gasteiger partial charge in [-0.25, -0.2) is 0 Å². The number of ether oxygens (including phenoxy) is 4. The van der Waals surface area contributed by atoms with E-state index in [1.165, 1.54) is 27.7 Å². The van der Waals surface area contributed by atoms with Crippen LogP contribution in [-0.2, 0) is 19.2 Å².